The average molecular weight is 444 g/mol. The van der Waals surface area contributed by atoms with Crippen molar-refractivity contribution in [3.8, 4) is 11.5 Å². The first-order valence-electron chi connectivity index (χ1n) is 8.46. The molecule has 4 nitrogen and oxygen atoms in total. The van der Waals surface area contributed by atoms with E-state index in [2.05, 4.69) is 13.2 Å². The number of benzene rings is 2. The van der Waals surface area contributed by atoms with Gasteiger partial charge in [-0.15, -0.1) is 13.2 Å². The molecule has 0 atom stereocenters. The Labute approximate surface area is 182 Å². The molecule has 0 bridgehead atoms. The molecule has 0 aliphatic rings. The Bertz CT molecular complexity index is 680. The molecule has 0 heterocycles. The predicted octanol–water partition coefficient (Wildman–Crippen LogP) is 3.11. The second-order valence-electron chi connectivity index (χ2n) is 6.38. The van der Waals surface area contributed by atoms with Gasteiger partial charge in [0.25, 0.3) is 0 Å². The SMILES string of the molecule is C=CCc1ccc([O-])c(N(C)C)c1.C=CCc1ccc([O-])c(N(C)C)c1.[Zr+2]. The molecule has 0 aromatic heterocycles. The van der Waals surface area contributed by atoms with E-state index in [9.17, 15) is 10.2 Å². The molecule has 0 fully saturated rings. The van der Waals surface area contributed by atoms with Crippen LogP contribution in [0.15, 0.2) is 61.7 Å². The fourth-order valence-electron chi connectivity index (χ4n) is 2.41. The molecule has 27 heavy (non-hydrogen) atoms. The third-order valence-electron chi connectivity index (χ3n) is 3.77. The molecule has 2 aromatic rings. The summed E-state index contributed by atoms with van der Waals surface area (Å²) >= 11 is 0. The van der Waals surface area contributed by atoms with Crippen LogP contribution in [-0.4, -0.2) is 28.2 Å². The maximum absolute atomic E-state index is 11.3. The number of hydrogen-bond donors (Lipinski definition) is 0. The van der Waals surface area contributed by atoms with Gasteiger partial charge in [-0.25, -0.2) is 0 Å². The number of allylic oxidation sites excluding steroid dienone is 2. The van der Waals surface area contributed by atoms with Crippen molar-refractivity contribution < 1.29 is 36.4 Å². The summed E-state index contributed by atoms with van der Waals surface area (Å²) in [4.78, 5) is 3.66. The zero-order valence-corrected chi connectivity index (χ0v) is 19.1. The molecule has 0 N–H and O–H groups in total. The molecule has 0 radical (unpaired) electrons. The van der Waals surface area contributed by atoms with Gasteiger partial charge in [0.15, 0.2) is 0 Å². The molecule has 2 aromatic carbocycles. The topological polar surface area (TPSA) is 52.6 Å². The Morgan fingerprint density at radius 3 is 1.33 bits per heavy atom. The minimum atomic E-state index is 0. The Kier molecular flexibility index (Phi) is 11.5. The van der Waals surface area contributed by atoms with Crippen molar-refractivity contribution in [3.63, 3.8) is 0 Å². The molecule has 5 heteroatoms. The third-order valence-corrected chi connectivity index (χ3v) is 3.77. The number of anilines is 2. The summed E-state index contributed by atoms with van der Waals surface area (Å²) in [5, 5.41) is 22.7. The summed E-state index contributed by atoms with van der Waals surface area (Å²) in [7, 11) is 7.48. The first-order chi connectivity index (χ1) is 12.3. The van der Waals surface area contributed by atoms with Crippen molar-refractivity contribution in [2.45, 2.75) is 12.8 Å². The monoisotopic (exact) mass is 442 g/mol. The van der Waals surface area contributed by atoms with Crippen LogP contribution < -0.4 is 20.0 Å². The van der Waals surface area contributed by atoms with Gasteiger partial charge in [-0.1, -0.05) is 47.9 Å². The van der Waals surface area contributed by atoms with Gasteiger partial charge in [0.1, 0.15) is 0 Å². The maximum Gasteiger partial charge on any atom is 2.00 e. The minimum absolute atomic E-state index is 0. The number of rotatable bonds is 6. The van der Waals surface area contributed by atoms with Crippen molar-refractivity contribution in [2.24, 2.45) is 0 Å². The van der Waals surface area contributed by atoms with Crippen LogP contribution in [0.25, 0.3) is 0 Å². The largest absolute Gasteiger partial charge is 2.00 e. The molecule has 0 spiro atoms. The second-order valence-corrected chi connectivity index (χ2v) is 6.38. The Morgan fingerprint density at radius 1 is 0.741 bits per heavy atom. The molecule has 0 amide bonds. The van der Waals surface area contributed by atoms with Gasteiger partial charge >= 0.3 is 26.2 Å². The van der Waals surface area contributed by atoms with E-state index < -0.39 is 0 Å². The van der Waals surface area contributed by atoms with Gasteiger partial charge in [-0.3, -0.25) is 0 Å². The molecular weight excluding hydrogens is 415 g/mol. The zero-order valence-electron chi connectivity index (χ0n) is 16.7. The van der Waals surface area contributed by atoms with Crippen molar-refractivity contribution in [1.29, 1.82) is 0 Å². The summed E-state index contributed by atoms with van der Waals surface area (Å²) in [6.45, 7) is 7.32. The summed E-state index contributed by atoms with van der Waals surface area (Å²) in [6.07, 6.45) is 5.28. The second kappa shape index (κ2) is 12.4. The average Bonchev–Trinajstić information content (AvgIpc) is 2.59. The van der Waals surface area contributed by atoms with Crippen molar-refractivity contribution >= 4 is 11.4 Å². The first-order valence-corrected chi connectivity index (χ1v) is 8.46. The fourth-order valence-corrected chi connectivity index (χ4v) is 2.41. The third kappa shape index (κ3) is 8.05. The fraction of sp³-hybridized carbons (Fsp3) is 0.273. The van der Waals surface area contributed by atoms with Crippen LogP contribution in [0.3, 0.4) is 0 Å². The van der Waals surface area contributed by atoms with E-state index in [1.54, 1.807) is 12.1 Å². The van der Waals surface area contributed by atoms with Gasteiger partial charge in [-0.05, 0) is 36.1 Å². The normalized spacial score (nSPS) is 9.33. The van der Waals surface area contributed by atoms with Crippen LogP contribution in [0, 0.1) is 0 Å². The zero-order chi connectivity index (χ0) is 19.7. The van der Waals surface area contributed by atoms with E-state index in [0.717, 1.165) is 35.3 Å². The van der Waals surface area contributed by atoms with Crippen molar-refractivity contribution in [1.82, 2.24) is 0 Å². The Balaban J connectivity index is 0.000000483. The quantitative estimate of drug-likeness (QED) is 0.644. The van der Waals surface area contributed by atoms with E-state index in [1.807, 2.05) is 74.4 Å². The van der Waals surface area contributed by atoms with Crippen molar-refractivity contribution in [3.05, 3.63) is 72.8 Å². The van der Waals surface area contributed by atoms with Crippen LogP contribution in [0.2, 0.25) is 0 Å². The van der Waals surface area contributed by atoms with Crippen LogP contribution in [-0.2, 0) is 39.0 Å². The summed E-state index contributed by atoms with van der Waals surface area (Å²) < 4.78 is 0. The molecule has 0 aliphatic carbocycles. The van der Waals surface area contributed by atoms with Gasteiger partial charge in [0.2, 0.25) is 0 Å². The van der Waals surface area contributed by atoms with E-state index in [4.69, 9.17) is 0 Å². The Morgan fingerprint density at radius 2 is 1.07 bits per heavy atom. The predicted molar refractivity (Wildman–Crippen MR) is 108 cm³/mol. The minimum Gasteiger partial charge on any atom is -0.871 e. The van der Waals surface area contributed by atoms with Crippen LogP contribution >= 0.6 is 0 Å². The molecule has 142 valence electrons. The summed E-state index contributed by atoms with van der Waals surface area (Å²) in [5.74, 6) is 0.135. The van der Waals surface area contributed by atoms with E-state index >= 15 is 0 Å². The van der Waals surface area contributed by atoms with Gasteiger partial charge in [0, 0.05) is 39.6 Å². The molecule has 0 saturated carbocycles. The van der Waals surface area contributed by atoms with E-state index in [-0.39, 0.29) is 37.7 Å². The molecule has 0 saturated heterocycles. The number of nitrogens with zero attached hydrogens (tertiary/aromatic N) is 2. The smallest absolute Gasteiger partial charge is 0.871 e. The molecular formula is C22H28N2O2Zr. The van der Waals surface area contributed by atoms with E-state index in [1.165, 1.54) is 0 Å². The van der Waals surface area contributed by atoms with Crippen LogP contribution in [0.4, 0.5) is 11.4 Å². The van der Waals surface area contributed by atoms with Crippen molar-refractivity contribution in [2.75, 3.05) is 38.0 Å². The molecule has 0 aliphatic heterocycles. The first kappa shape index (κ1) is 25.0. The standard InChI is InChI=1S/2C11H15NO.Zr/c2*1-4-5-9-6-7-11(13)10(8-9)12(2)3;/h2*4,6-8,13H,1,5H2,2-3H3;/q;;+2/p-2. The van der Waals surface area contributed by atoms with Gasteiger partial charge < -0.3 is 20.0 Å². The molecule has 2 rings (SSSR count). The van der Waals surface area contributed by atoms with Gasteiger partial charge in [-0.2, -0.15) is 0 Å². The summed E-state index contributed by atoms with van der Waals surface area (Å²) in [6, 6.07) is 10.7. The maximum atomic E-state index is 11.3. The van der Waals surface area contributed by atoms with Crippen LogP contribution in [0.5, 0.6) is 11.5 Å². The Hall–Kier alpha value is -2.00. The molecule has 0 unspecified atom stereocenters. The van der Waals surface area contributed by atoms with Gasteiger partial charge in [0.05, 0.1) is 0 Å². The van der Waals surface area contributed by atoms with E-state index in [0.29, 0.717) is 0 Å². The number of hydrogen-bond acceptors (Lipinski definition) is 4. The van der Waals surface area contributed by atoms with Crippen LogP contribution in [0.1, 0.15) is 11.1 Å². The summed E-state index contributed by atoms with van der Waals surface area (Å²) in [5.41, 5.74) is 3.72.